The maximum atomic E-state index is 4.89. The number of aliphatic imine (C=N–C) groups is 1. The molecular formula is C17H24N2. The number of benzene rings is 1. The summed E-state index contributed by atoms with van der Waals surface area (Å²) in [6.07, 6.45) is 4.27. The lowest BCUT2D eigenvalue weighted by atomic mass is 10.0. The zero-order chi connectivity index (χ0) is 14.0. The van der Waals surface area contributed by atoms with E-state index in [1.54, 1.807) is 0 Å². The van der Waals surface area contributed by atoms with Crippen LogP contribution in [0.5, 0.6) is 0 Å². The minimum absolute atomic E-state index is 0.0177. The van der Waals surface area contributed by atoms with Crippen LogP contribution in [0.2, 0.25) is 0 Å². The maximum Gasteiger partial charge on any atom is 0.0527 e. The minimum Gasteiger partial charge on any atom is -0.351 e. The van der Waals surface area contributed by atoms with Gasteiger partial charge in [0, 0.05) is 29.9 Å². The molecule has 0 saturated heterocycles. The molecule has 0 unspecified atom stereocenters. The van der Waals surface area contributed by atoms with Gasteiger partial charge >= 0.3 is 0 Å². The van der Waals surface area contributed by atoms with Gasteiger partial charge in [-0.05, 0) is 51.0 Å². The van der Waals surface area contributed by atoms with E-state index in [9.17, 15) is 0 Å². The van der Waals surface area contributed by atoms with Gasteiger partial charge in [0.15, 0.2) is 0 Å². The van der Waals surface area contributed by atoms with Crippen LogP contribution in [-0.2, 0) is 7.05 Å². The Morgan fingerprint density at radius 3 is 2.58 bits per heavy atom. The van der Waals surface area contributed by atoms with Crippen LogP contribution in [-0.4, -0.2) is 15.8 Å². The van der Waals surface area contributed by atoms with Crippen molar-refractivity contribution < 1.29 is 0 Å². The molecule has 0 amide bonds. The molecule has 0 N–H and O–H groups in total. The molecule has 0 fully saturated rings. The lowest BCUT2D eigenvalue weighted by Crippen LogP contribution is -2.15. The number of aromatic nitrogens is 1. The highest BCUT2D eigenvalue weighted by Crippen LogP contribution is 2.20. The van der Waals surface area contributed by atoms with Gasteiger partial charge in [-0.25, -0.2) is 0 Å². The lowest BCUT2D eigenvalue weighted by Gasteiger charge is -2.16. The minimum atomic E-state index is -0.0177. The zero-order valence-corrected chi connectivity index (χ0v) is 12.7. The molecule has 0 spiro atoms. The summed E-state index contributed by atoms with van der Waals surface area (Å²) < 4.78 is 2.15. The maximum absolute atomic E-state index is 4.89. The molecule has 2 aromatic rings. The molecule has 0 radical (unpaired) electrons. The summed E-state index contributed by atoms with van der Waals surface area (Å²) in [6.45, 7) is 8.68. The van der Waals surface area contributed by atoms with Crippen LogP contribution in [0.25, 0.3) is 10.9 Å². The van der Waals surface area contributed by atoms with E-state index in [2.05, 4.69) is 69.8 Å². The first-order valence-corrected chi connectivity index (χ1v) is 7.05. The van der Waals surface area contributed by atoms with Gasteiger partial charge in [-0.3, -0.25) is 4.99 Å². The van der Waals surface area contributed by atoms with E-state index in [-0.39, 0.29) is 5.54 Å². The molecule has 102 valence electrons. The SMILES string of the molecule is CCC/C(=N\C(C)(C)C)c1ccc2c(ccn2C)c1. The van der Waals surface area contributed by atoms with Crippen molar-refractivity contribution in [3.05, 3.63) is 36.0 Å². The normalized spacial score (nSPS) is 13.2. The van der Waals surface area contributed by atoms with Crippen molar-refractivity contribution in [1.82, 2.24) is 4.57 Å². The number of fused-ring (bicyclic) bond motifs is 1. The molecule has 0 saturated carbocycles. The summed E-state index contributed by atoms with van der Waals surface area (Å²) in [4.78, 5) is 4.89. The summed E-state index contributed by atoms with van der Waals surface area (Å²) in [6, 6.07) is 8.82. The Morgan fingerprint density at radius 2 is 1.95 bits per heavy atom. The average Bonchev–Trinajstić information content (AvgIpc) is 2.68. The van der Waals surface area contributed by atoms with Crippen LogP contribution in [0.1, 0.15) is 46.1 Å². The van der Waals surface area contributed by atoms with E-state index in [1.165, 1.54) is 22.2 Å². The zero-order valence-electron chi connectivity index (χ0n) is 12.7. The number of aryl methyl sites for hydroxylation is 1. The monoisotopic (exact) mass is 256 g/mol. The molecular weight excluding hydrogens is 232 g/mol. The molecule has 0 aliphatic rings. The molecule has 1 aromatic carbocycles. The standard InChI is InChI=1S/C17H24N2/c1-6-7-15(18-17(2,3)4)13-8-9-16-14(12-13)10-11-19(16)5/h8-12H,6-7H2,1-5H3/b18-15+. The van der Waals surface area contributed by atoms with Crippen LogP contribution >= 0.6 is 0 Å². The predicted octanol–water partition coefficient (Wildman–Crippen LogP) is 4.57. The van der Waals surface area contributed by atoms with Crippen molar-refractivity contribution in [3.63, 3.8) is 0 Å². The van der Waals surface area contributed by atoms with Crippen molar-refractivity contribution in [1.29, 1.82) is 0 Å². The highest BCUT2D eigenvalue weighted by Gasteiger charge is 2.12. The molecule has 19 heavy (non-hydrogen) atoms. The van der Waals surface area contributed by atoms with E-state index in [0.29, 0.717) is 0 Å². The van der Waals surface area contributed by atoms with Crippen LogP contribution in [0.3, 0.4) is 0 Å². The van der Waals surface area contributed by atoms with E-state index < -0.39 is 0 Å². The van der Waals surface area contributed by atoms with Crippen molar-refractivity contribution in [2.75, 3.05) is 0 Å². The smallest absolute Gasteiger partial charge is 0.0527 e. The second-order valence-corrected chi connectivity index (χ2v) is 6.18. The first-order chi connectivity index (χ1) is 8.90. The third-order valence-electron chi connectivity index (χ3n) is 3.18. The Hall–Kier alpha value is -1.57. The predicted molar refractivity (Wildman–Crippen MR) is 84.1 cm³/mol. The molecule has 2 rings (SSSR count). The van der Waals surface area contributed by atoms with Gasteiger partial charge in [0.25, 0.3) is 0 Å². The Morgan fingerprint density at radius 1 is 1.21 bits per heavy atom. The summed E-state index contributed by atoms with van der Waals surface area (Å²) >= 11 is 0. The van der Waals surface area contributed by atoms with Crippen LogP contribution in [0, 0.1) is 0 Å². The van der Waals surface area contributed by atoms with Gasteiger partial charge in [0.2, 0.25) is 0 Å². The topological polar surface area (TPSA) is 17.3 Å². The highest BCUT2D eigenvalue weighted by molar-refractivity contribution is 6.03. The Balaban J connectivity index is 2.47. The number of hydrogen-bond acceptors (Lipinski definition) is 1. The fourth-order valence-electron chi connectivity index (χ4n) is 2.37. The van der Waals surface area contributed by atoms with Gasteiger partial charge in [-0.2, -0.15) is 0 Å². The molecule has 1 aromatic heterocycles. The third-order valence-corrected chi connectivity index (χ3v) is 3.18. The highest BCUT2D eigenvalue weighted by atomic mass is 14.9. The third kappa shape index (κ3) is 3.25. The van der Waals surface area contributed by atoms with Crippen LogP contribution in [0.15, 0.2) is 35.5 Å². The largest absolute Gasteiger partial charge is 0.351 e. The lowest BCUT2D eigenvalue weighted by molar-refractivity contribution is 0.581. The van der Waals surface area contributed by atoms with Gasteiger partial charge in [0.1, 0.15) is 0 Å². The van der Waals surface area contributed by atoms with Gasteiger partial charge in [-0.15, -0.1) is 0 Å². The Labute approximate surface area is 116 Å². The van der Waals surface area contributed by atoms with E-state index in [4.69, 9.17) is 4.99 Å². The average molecular weight is 256 g/mol. The summed E-state index contributed by atoms with van der Waals surface area (Å²) in [5.41, 5.74) is 3.74. The molecule has 0 aliphatic carbocycles. The molecule has 0 aliphatic heterocycles. The summed E-state index contributed by atoms with van der Waals surface area (Å²) in [7, 11) is 2.08. The van der Waals surface area contributed by atoms with Gasteiger partial charge in [0.05, 0.1) is 5.54 Å². The summed E-state index contributed by atoms with van der Waals surface area (Å²) in [5.74, 6) is 0. The van der Waals surface area contributed by atoms with Gasteiger partial charge < -0.3 is 4.57 Å². The Bertz CT molecular complexity index is 597. The van der Waals surface area contributed by atoms with E-state index in [0.717, 1.165) is 12.8 Å². The number of rotatable bonds is 3. The fourth-order valence-corrected chi connectivity index (χ4v) is 2.37. The van der Waals surface area contributed by atoms with Crippen molar-refractivity contribution in [2.24, 2.45) is 12.0 Å². The van der Waals surface area contributed by atoms with Crippen molar-refractivity contribution in [3.8, 4) is 0 Å². The van der Waals surface area contributed by atoms with Gasteiger partial charge in [-0.1, -0.05) is 19.4 Å². The quantitative estimate of drug-likeness (QED) is 0.716. The fraction of sp³-hybridized carbons (Fsp3) is 0.471. The second-order valence-electron chi connectivity index (χ2n) is 6.18. The van der Waals surface area contributed by atoms with E-state index >= 15 is 0 Å². The molecule has 0 atom stereocenters. The molecule has 2 heteroatoms. The number of nitrogens with zero attached hydrogens (tertiary/aromatic N) is 2. The first-order valence-electron chi connectivity index (χ1n) is 7.05. The second kappa shape index (κ2) is 5.20. The van der Waals surface area contributed by atoms with Crippen molar-refractivity contribution >= 4 is 16.6 Å². The first kappa shape index (κ1) is 13.9. The molecule has 2 nitrogen and oxygen atoms in total. The van der Waals surface area contributed by atoms with Crippen LogP contribution < -0.4 is 0 Å². The Kier molecular flexibility index (Phi) is 3.79. The number of hydrogen-bond donors (Lipinski definition) is 0. The summed E-state index contributed by atoms with van der Waals surface area (Å²) in [5, 5.41) is 1.29. The van der Waals surface area contributed by atoms with Crippen LogP contribution in [0.4, 0.5) is 0 Å². The molecule has 0 bridgehead atoms. The van der Waals surface area contributed by atoms with Crippen molar-refractivity contribution in [2.45, 2.75) is 46.1 Å². The van der Waals surface area contributed by atoms with E-state index in [1.807, 2.05) is 0 Å². The molecule has 1 heterocycles.